The fourth-order valence-corrected chi connectivity index (χ4v) is 5.09. The number of hydrogen-bond donors (Lipinski definition) is 2. The standard InChI is InChI=1S/C22H22N4O4/c1-12-11-26-17(13(2)30-12)22(19(27)24-21(29)25-20(22)28)9-15-8-16(10-23-18(15)26)14-6-4-3-5-7-14/h3-8,10,12-13,17H,9,11H2,1-2H3,(H2,24,25,27,28,29)/t12-,13+,17-/m1/s1. The predicted molar refractivity (Wildman–Crippen MR) is 109 cm³/mol. The van der Waals surface area contributed by atoms with Crippen molar-refractivity contribution in [3.8, 4) is 11.1 Å². The number of nitrogens with one attached hydrogen (secondary N) is 2. The van der Waals surface area contributed by atoms with E-state index in [1.54, 1.807) is 0 Å². The molecule has 4 heterocycles. The number of pyridine rings is 1. The molecule has 0 saturated carbocycles. The van der Waals surface area contributed by atoms with Crippen LogP contribution in [-0.4, -0.2) is 47.6 Å². The lowest BCUT2D eigenvalue weighted by Gasteiger charge is -2.54. The number of urea groups is 1. The molecule has 30 heavy (non-hydrogen) atoms. The van der Waals surface area contributed by atoms with Crippen molar-refractivity contribution in [2.45, 2.75) is 38.5 Å². The molecule has 1 aromatic heterocycles. The SMILES string of the molecule is C[C@@H]1CN2c3ncc(-c4ccccc4)cc3CC3(C(=O)NC(=O)NC3=O)[C@H]2[C@H](C)O1. The number of amides is 4. The Labute approximate surface area is 173 Å². The summed E-state index contributed by atoms with van der Waals surface area (Å²) in [5.41, 5.74) is 1.23. The van der Waals surface area contributed by atoms with Gasteiger partial charge in [-0.15, -0.1) is 0 Å². The van der Waals surface area contributed by atoms with Gasteiger partial charge in [0.2, 0.25) is 11.8 Å². The van der Waals surface area contributed by atoms with Gasteiger partial charge in [0.15, 0.2) is 5.41 Å². The van der Waals surface area contributed by atoms with Crippen LogP contribution < -0.4 is 15.5 Å². The molecule has 8 nitrogen and oxygen atoms in total. The van der Waals surface area contributed by atoms with Gasteiger partial charge in [0.05, 0.1) is 18.2 Å². The number of aromatic nitrogens is 1. The van der Waals surface area contributed by atoms with Crippen LogP contribution >= 0.6 is 0 Å². The second-order valence-electron chi connectivity index (χ2n) is 8.21. The van der Waals surface area contributed by atoms with Crippen molar-refractivity contribution in [2.75, 3.05) is 11.4 Å². The molecule has 0 unspecified atom stereocenters. The Balaban J connectivity index is 1.68. The zero-order valence-corrected chi connectivity index (χ0v) is 16.7. The summed E-state index contributed by atoms with van der Waals surface area (Å²) in [6, 6.07) is 10.4. The summed E-state index contributed by atoms with van der Waals surface area (Å²) in [4.78, 5) is 44.8. The highest BCUT2D eigenvalue weighted by molar-refractivity contribution is 6.20. The van der Waals surface area contributed by atoms with Gasteiger partial charge >= 0.3 is 6.03 Å². The van der Waals surface area contributed by atoms with Gasteiger partial charge in [-0.2, -0.15) is 0 Å². The summed E-state index contributed by atoms with van der Waals surface area (Å²) < 4.78 is 6.00. The van der Waals surface area contributed by atoms with Crippen LogP contribution in [-0.2, 0) is 20.7 Å². The van der Waals surface area contributed by atoms with E-state index in [-0.39, 0.29) is 12.5 Å². The minimum absolute atomic E-state index is 0.0915. The lowest BCUT2D eigenvalue weighted by atomic mass is 9.67. The summed E-state index contributed by atoms with van der Waals surface area (Å²) in [5.74, 6) is -0.427. The van der Waals surface area contributed by atoms with Crippen LogP contribution in [0.15, 0.2) is 42.6 Å². The second kappa shape index (κ2) is 6.63. The summed E-state index contributed by atoms with van der Waals surface area (Å²) in [6.45, 7) is 4.31. The highest BCUT2D eigenvalue weighted by atomic mass is 16.5. The molecule has 2 fully saturated rings. The molecular weight excluding hydrogens is 384 g/mol. The maximum Gasteiger partial charge on any atom is 0.328 e. The molecule has 3 atom stereocenters. The number of morpholine rings is 1. The van der Waals surface area contributed by atoms with Gasteiger partial charge in [-0.25, -0.2) is 9.78 Å². The number of ether oxygens (including phenoxy) is 1. The number of anilines is 1. The Kier molecular flexibility index (Phi) is 4.14. The van der Waals surface area contributed by atoms with Gasteiger partial charge in [0, 0.05) is 24.7 Å². The van der Waals surface area contributed by atoms with Crippen LogP contribution in [0.2, 0.25) is 0 Å². The first-order chi connectivity index (χ1) is 14.4. The van der Waals surface area contributed by atoms with Crippen LogP contribution in [0.25, 0.3) is 11.1 Å². The number of fused-ring (bicyclic) bond motifs is 4. The first-order valence-corrected chi connectivity index (χ1v) is 10.0. The number of carbonyl (C=O) groups is 3. The smallest absolute Gasteiger partial charge is 0.328 e. The number of benzene rings is 1. The van der Waals surface area contributed by atoms with Crippen molar-refractivity contribution in [1.29, 1.82) is 0 Å². The predicted octanol–water partition coefficient (Wildman–Crippen LogP) is 1.64. The molecule has 5 rings (SSSR count). The van der Waals surface area contributed by atoms with Crippen LogP contribution in [0, 0.1) is 5.41 Å². The normalized spacial score (nSPS) is 27.2. The van der Waals surface area contributed by atoms with Gasteiger partial charge in [-0.05, 0) is 31.0 Å². The molecule has 2 aromatic rings. The second-order valence-corrected chi connectivity index (χ2v) is 8.21. The van der Waals surface area contributed by atoms with Crippen molar-refractivity contribution in [3.63, 3.8) is 0 Å². The largest absolute Gasteiger partial charge is 0.372 e. The molecule has 2 N–H and O–H groups in total. The van der Waals surface area contributed by atoms with E-state index in [0.29, 0.717) is 6.54 Å². The number of imide groups is 2. The molecule has 0 aliphatic carbocycles. The topological polar surface area (TPSA) is 101 Å². The molecule has 0 radical (unpaired) electrons. The molecule has 4 amide bonds. The van der Waals surface area contributed by atoms with Crippen molar-refractivity contribution >= 4 is 23.7 Å². The Bertz CT molecular complexity index is 1030. The third-order valence-electron chi connectivity index (χ3n) is 6.24. The Hall–Kier alpha value is -3.26. The van der Waals surface area contributed by atoms with Crippen molar-refractivity contribution in [1.82, 2.24) is 15.6 Å². The maximum atomic E-state index is 13.1. The van der Waals surface area contributed by atoms with Crippen LogP contribution in [0.1, 0.15) is 19.4 Å². The Morgan fingerprint density at radius 2 is 1.77 bits per heavy atom. The van der Waals surface area contributed by atoms with Crippen LogP contribution in [0.5, 0.6) is 0 Å². The third kappa shape index (κ3) is 2.64. The van der Waals surface area contributed by atoms with Gasteiger partial charge in [-0.3, -0.25) is 20.2 Å². The van der Waals surface area contributed by atoms with Crippen molar-refractivity contribution in [3.05, 3.63) is 48.2 Å². The molecule has 1 spiro atoms. The number of hydrogen-bond acceptors (Lipinski definition) is 6. The first-order valence-electron chi connectivity index (χ1n) is 10.0. The molecule has 0 bridgehead atoms. The van der Waals surface area contributed by atoms with Crippen LogP contribution in [0.4, 0.5) is 10.6 Å². The zero-order valence-electron chi connectivity index (χ0n) is 16.7. The Morgan fingerprint density at radius 1 is 1.07 bits per heavy atom. The molecule has 3 aliphatic heterocycles. The number of nitrogens with zero attached hydrogens (tertiary/aromatic N) is 2. The summed E-state index contributed by atoms with van der Waals surface area (Å²) in [7, 11) is 0. The average Bonchev–Trinajstić information content (AvgIpc) is 2.71. The lowest BCUT2D eigenvalue weighted by Crippen LogP contribution is -2.75. The lowest BCUT2D eigenvalue weighted by molar-refractivity contribution is -0.153. The summed E-state index contributed by atoms with van der Waals surface area (Å²) in [5, 5.41) is 4.60. The first kappa shape index (κ1) is 18.7. The highest BCUT2D eigenvalue weighted by Gasteiger charge is 2.63. The highest BCUT2D eigenvalue weighted by Crippen LogP contribution is 2.46. The average molecular weight is 406 g/mol. The van der Waals surface area contributed by atoms with Crippen molar-refractivity contribution < 1.29 is 19.1 Å². The van der Waals surface area contributed by atoms with Crippen molar-refractivity contribution in [2.24, 2.45) is 5.41 Å². The van der Waals surface area contributed by atoms with E-state index in [1.807, 2.05) is 61.3 Å². The monoisotopic (exact) mass is 406 g/mol. The fourth-order valence-electron chi connectivity index (χ4n) is 5.09. The van der Waals surface area contributed by atoms with Gasteiger partial charge in [0.25, 0.3) is 0 Å². The third-order valence-corrected chi connectivity index (χ3v) is 6.24. The maximum absolute atomic E-state index is 13.1. The van der Waals surface area contributed by atoms with E-state index in [2.05, 4.69) is 10.6 Å². The molecule has 3 aliphatic rings. The molecule has 1 aromatic carbocycles. The van der Waals surface area contributed by atoms with Crippen LogP contribution in [0.3, 0.4) is 0 Å². The van der Waals surface area contributed by atoms with E-state index in [1.165, 1.54) is 0 Å². The number of carbonyl (C=O) groups excluding carboxylic acids is 3. The molecule has 2 saturated heterocycles. The quantitative estimate of drug-likeness (QED) is 0.699. The molecular formula is C22H22N4O4. The molecule has 8 heteroatoms. The van der Waals surface area contributed by atoms with Gasteiger partial charge < -0.3 is 9.64 Å². The summed E-state index contributed by atoms with van der Waals surface area (Å²) >= 11 is 0. The Morgan fingerprint density at radius 3 is 2.47 bits per heavy atom. The molecule has 154 valence electrons. The van der Waals surface area contributed by atoms with E-state index in [9.17, 15) is 14.4 Å². The van der Waals surface area contributed by atoms with Gasteiger partial charge in [0.1, 0.15) is 5.82 Å². The minimum Gasteiger partial charge on any atom is -0.372 e. The van der Waals surface area contributed by atoms with E-state index >= 15 is 0 Å². The minimum atomic E-state index is -1.47. The fraction of sp³-hybridized carbons (Fsp3) is 0.364. The van der Waals surface area contributed by atoms with E-state index < -0.39 is 35.4 Å². The number of barbiturate groups is 1. The summed E-state index contributed by atoms with van der Waals surface area (Å²) in [6.07, 6.45) is 1.47. The zero-order chi connectivity index (χ0) is 21.0. The van der Waals surface area contributed by atoms with E-state index in [0.717, 1.165) is 22.5 Å². The van der Waals surface area contributed by atoms with Gasteiger partial charge in [-0.1, -0.05) is 30.3 Å². The van der Waals surface area contributed by atoms with E-state index in [4.69, 9.17) is 9.72 Å². The number of rotatable bonds is 1.